The Morgan fingerprint density at radius 2 is 1.83 bits per heavy atom. The lowest BCUT2D eigenvalue weighted by Gasteiger charge is -2.40. The van der Waals surface area contributed by atoms with Gasteiger partial charge in [-0.05, 0) is 55.6 Å². The smallest absolute Gasteiger partial charge is 0.326 e. The van der Waals surface area contributed by atoms with Crippen LogP contribution in [0.1, 0.15) is 82.9 Å². The van der Waals surface area contributed by atoms with E-state index in [2.05, 4.69) is 30.7 Å². The standard InChI is InChI=1S/C33H44FN3O5/c1-33(2,3)23-11-9-10-21(16-23)31(38)37-27(32(39)40)18-28(29(37)25-12-5-6-13-26(25)34)42-20-22-17-24(19-35-30(22)41-4)36-14-7-8-15-36/h5-6,12-13,17,19,21,23,27-29H,7-11,14-16,18,20H2,1-4H3,(H,39,40)/t21?,23-,27?,28?,29?/m1/s1. The predicted octanol–water partition coefficient (Wildman–Crippen LogP) is 5.99. The number of benzene rings is 1. The summed E-state index contributed by atoms with van der Waals surface area (Å²) in [6.07, 6.45) is 6.75. The second-order valence-corrected chi connectivity index (χ2v) is 13.1. The van der Waals surface area contributed by atoms with Crippen molar-refractivity contribution in [2.24, 2.45) is 17.3 Å². The summed E-state index contributed by atoms with van der Waals surface area (Å²) in [7, 11) is 1.55. The molecule has 1 N–H and O–H groups in total. The van der Waals surface area contributed by atoms with Gasteiger partial charge >= 0.3 is 5.97 Å². The molecule has 0 spiro atoms. The average Bonchev–Trinajstić information content (AvgIpc) is 3.64. The van der Waals surface area contributed by atoms with Gasteiger partial charge in [0.05, 0.1) is 37.7 Å². The number of aromatic nitrogens is 1. The maximum Gasteiger partial charge on any atom is 0.326 e. The van der Waals surface area contributed by atoms with Crippen molar-refractivity contribution in [3.8, 4) is 5.88 Å². The highest BCUT2D eigenvalue weighted by molar-refractivity contribution is 5.86. The number of amides is 1. The van der Waals surface area contributed by atoms with Gasteiger partial charge in [-0.2, -0.15) is 0 Å². The van der Waals surface area contributed by atoms with Crippen LogP contribution in [0.15, 0.2) is 36.5 Å². The molecule has 5 rings (SSSR count). The van der Waals surface area contributed by atoms with E-state index >= 15 is 4.39 Å². The van der Waals surface area contributed by atoms with Crippen molar-refractivity contribution in [3.63, 3.8) is 0 Å². The molecule has 2 aromatic rings. The van der Waals surface area contributed by atoms with E-state index in [1.807, 2.05) is 6.07 Å². The van der Waals surface area contributed by atoms with E-state index in [0.29, 0.717) is 24.6 Å². The van der Waals surface area contributed by atoms with Gasteiger partial charge in [-0.15, -0.1) is 0 Å². The Morgan fingerprint density at radius 3 is 2.50 bits per heavy atom. The molecular weight excluding hydrogens is 537 g/mol. The van der Waals surface area contributed by atoms with Gasteiger partial charge < -0.3 is 24.4 Å². The minimum atomic E-state index is -1.11. The summed E-state index contributed by atoms with van der Waals surface area (Å²) >= 11 is 0. The molecule has 2 aliphatic heterocycles. The highest BCUT2D eigenvalue weighted by atomic mass is 19.1. The number of ether oxygens (including phenoxy) is 2. The fourth-order valence-corrected chi connectivity index (χ4v) is 7.10. The van der Waals surface area contributed by atoms with Gasteiger partial charge in [0.2, 0.25) is 11.8 Å². The zero-order chi connectivity index (χ0) is 30.0. The molecule has 1 aromatic heterocycles. The highest BCUT2D eigenvalue weighted by Gasteiger charge is 2.51. The summed E-state index contributed by atoms with van der Waals surface area (Å²) in [6.45, 7) is 8.58. The van der Waals surface area contributed by atoms with Crippen LogP contribution in [-0.4, -0.2) is 59.2 Å². The summed E-state index contributed by atoms with van der Waals surface area (Å²) in [5, 5.41) is 10.3. The number of halogens is 1. The highest BCUT2D eigenvalue weighted by Crippen LogP contribution is 2.45. The maximum atomic E-state index is 15.4. The quantitative estimate of drug-likeness (QED) is 0.409. The van der Waals surface area contributed by atoms with Gasteiger partial charge in [0.25, 0.3) is 0 Å². The van der Waals surface area contributed by atoms with Crippen LogP contribution >= 0.6 is 0 Å². The molecular formula is C33H44FN3O5. The second kappa shape index (κ2) is 12.6. The lowest BCUT2D eigenvalue weighted by Crippen LogP contribution is -2.46. The largest absolute Gasteiger partial charge is 0.481 e. The number of carboxylic acids is 1. The van der Waals surface area contributed by atoms with Crippen molar-refractivity contribution >= 4 is 17.6 Å². The minimum absolute atomic E-state index is 0.0451. The first-order valence-electron chi connectivity index (χ1n) is 15.3. The Kier molecular flexibility index (Phi) is 9.06. The van der Waals surface area contributed by atoms with Crippen LogP contribution in [-0.2, 0) is 20.9 Å². The summed E-state index contributed by atoms with van der Waals surface area (Å²) in [4.78, 5) is 35.0. The third-order valence-corrected chi connectivity index (χ3v) is 9.48. The Hall–Kier alpha value is -3.20. The van der Waals surface area contributed by atoms with Crippen molar-refractivity contribution < 1.29 is 28.6 Å². The fourth-order valence-electron chi connectivity index (χ4n) is 7.10. The number of carbonyl (C=O) groups is 2. The van der Waals surface area contributed by atoms with Crippen LogP contribution < -0.4 is 9.64 Å². The first kappa shape index (κ1) is 30.3. The second-order valence-electron chi connectivity index (χ2n) is 13.1. The van der Waals surface area contributed by atoms with Crippen molar-refractivity contribution in [1.29, 1.82) is 0 Å². The van der Waals surface area contributed by atoms with Crippen molar-refractivity contribution in [2.45, 2.75) is 90.5 Å². The number of methoxy groups -OCH3 is 1. The van der Waals surface area contributed by atoms with Crippen LogP contribution in [0.4, 0.5) is 10.1 Å². The topological polar surface area (TPSA) is 92.2 Å². The molecule has 0 bridgehead atoms. The van der Waals surface area contributed by atoms with Gasteiger partial charge in [0, 0.05) is 36.6 Å². The Labute approximate surface area is 248 Å². The summed E-state index contributed by atoms with van der Waals surface area (Å²) < 4.78 is 27.3. The number of carboxylic acid groups (broad SMARTS) is 1. The molecule has 228 valence electrons. The monoisotopic (exact) mass is 581 g/mol. The van der Waals surface area contributed by atoms with E-state index in [1.165, 1.54) is 11.0 Å². The Bertz CT molecular complexity index is 1270. The SMILES string of the molecule is COc1ncc(N2CCCC2)cc1COC1CC(C(=O)O)N(C(=O)C2CCC[C@@H](C(C)(C)C)C2)C1c1ccccc1F. The molecule has 42 heavy (non-hydrogen) atoms. The molecule has 9 heteroatoms. The molecule has 2 saturated heterocycles. The number of pyridine rings is 1. The van der Waals surface area contributed by atoms with Crippen LogP contribution in [0, 0.1) is 23.1 Å². The molecule has 1 aliphatic carbocycles. The Balaban J connectivity index is 1.46. The van der Waals surface area contributed by atoms with Crippen molar-refractivity contribution in [1.82, 2.24) is 9.88 Å². The molecule has 8 nitrogen and oxygen atoms in total. The number of hydrogen-bond acceptors (Lipinski definition) is 6. The fraction of sp³-hybridized carbons (Fsp3) is 0.606. The summed E-state index contributed by atoms with van der Waals surface area (Å²) in [6, 6.07) is 6.32. The third-order valence-electron chi connectivity index (χ3n) is 9.48. The number of carbonyl (C=O) groups excluding carboxylic acids is 1. The molecule has 3 heterocycles. The van der Waals surface area contributed by atoms with Crippen LogP contribution in [0.25, 0.3) is 0 Å². The number of nitrogens with zero attached hydrogens (tertiary/aromatic N) is 3. The minimum Gasteiger partial charge on any atom is -0.481 e. The molecule has 4 unspecified atom stereocenters. The van der Waals surface area contributed by atoms with Crippen LogP contribution in [0.5, 0.6) is 5.88 Å². The summed E-state index contributed by atoms with van der Waals surface area (Å²) in [5.74, 6) is -1.32. The lowest BCUT2D eigenvalue weighted by molar-refractivity contribution is -0.153. The predicted molar refractivity (Wildman–Crippen MR) is 158 cm³/mol. The first-order chi connectivity index (χ1) is 20.1. The summed E-state index contributed by atoms with van der Waals surface area (Å²) in [5.41, 5.74) is 2.03. The Morgan fingerprint density at radius 1 is 1.10 bits per heavy atom. The van der Waals surface area contributed by atoms with Gasteiger partial charge in [-0.25, -0.2) is 14.2 Å². The van der Waals surface area contributed by atoms with Gasteiger partial charge in [0.1, 0.15) is 11.9 Å². The maximum absolute atomic E-state index is 15.4. The number of aliphatic carboxylic acids is 1. The number of anilines is 1. The molecule has 1 amide bonds. The zero-order valence-electron chi connectivity index (χ0n) is 25.2. The lowest BCUT2D eigenvalue weighted by atomic mass is 9.69. The van der Waals surface area contributed by atoms with Crippen molar-refractivity contribution in [2.75, 3.05) is 25.1 Å². The van der Waals surface area contributed by atoms with E-state index in [9.17, 15) is 14.7 Å². The molecule has 0 radical (unpaired) electrons. The normalized spacial score (nSPS) is 26.5. The molecule has 3 fully saturated rings. The molecule has 3 aliphatic rings. The van der Waals surface area contributed by atoms with E-state index in [1.54, 1.807) is 31.5 Å². The number of likely N-dealkylation sites (tertiary alicyclic amines) is 1. The van der Waals surface area contributed by atoms with E-state index in [-0.39, 0.29) is 35.8 Å². The zero-order valence-corrected chi connectivity index (χ0v) is 25.2. The number of hydrogen-bond donors (Lipinski definition) is 1. The molecule has 5 atom stereocenters. The van der Waals surface area contributed by atoms with Crippen LogP contribution in [0.2, 0.25) is 0 Å². The average molecular weight is 582 g/mol. The molecule has 1 saturated carbocycles. The van der Waals surface area contributed by atoms with Gasteiger partial charge in [-0.3, -0.25) is 4.79 Å². The third kappa shape index (κ3) is 6.26. The van der Waals surface area contributed by atoms with Gasteiger partial charge in [-0.1, -0.05) is 45.4 Å². The number of rotatable bonds is 8. The van der Waals surface area contributed by atoms with E-state index in [4.69, 9.17) is 9.47 Å². The van der Waals surface area contributed by atoms with E-state index in [0.717, 1.165) is 50.0 Å². The van der Waals surface area contributed by atoms with E-state index < -0.39 is 30.0 Å². The van der Waals surface area contributed by atoms with Gasteiger partial charge in [0.15, 0.2) is 0 Å². The molecule has 1 aromatic carbocycles. The van der Waals surface area contributed by atoms with Crippen LogP contribution in [0.3, 0.4) is 0 Å². The van der Waals surface area contributed by atoms with Crippen molar-refractivity contribution in [3.05, 3.63) is 53.5 Å². The first-order valence-corrected chi connectivity index (χ1v) is 15.3.